The van der Waals surface area contributed by atoms with E-state index >= 15 is 0 Å². The molecule has 5 nitrogen and oxygen atoms in total. The van der Waals surface area contributed by atoms with Gasteiger partial charge in [0.15, 0.2) is 0 Å². The Bertz CT molecular complexity index is 1160. The Kier molecular flexibility index (Phi) is 8.40. The highest BCUT2D eigenvalue weighted by atomic mass is 32.2. The summed E-state index contributed by atoms with van der Waals surface area (Å²) in [6.45, 7) is 6.48. The lowest BCUT2D eigenvalue weighted by atomic mass is 10.2. The highest BCUT2D eigenvalue weighted by Gasteiger charge is 2.29. The quantitative estimate of drug-likeness (QED) is 0.400. The lowest BCUT2D eigenvalue weighted by Gasteiger charge is -2.28. The minimum Gasteiger partial charge on any atom is -0.332 e. The molecule has 0 N–H and O–H groups in total. The molecule has 3 rings (SSSR count). The van der Waals surface area contributed by atoms with Crippen LogP contribution < -0.4 is 0 Å². The zero-order valence-electron chi connectivity index (χ0n) is 19.1. The van der Waals surface area contributed by atoms with Crippen molar-refractivity contribution in [2.24, 2.45) is 5.92 Å². The van der Waals surface area contributed by atoms with Crippen LogP contribution >= 0.6 is 11.3 Å². The van der Waals surface area contributed by atoms with Crippen molar-refractivity contribution in [3.8, 4) is 0 Å². The molecule has 1 heterocycles. The lowest BCUT2D eigenvalue weighted by molar-refractivity contribution is -0.132. The summed E-state index contributed by atoms with van der Waals surface area (Å²) in [7, 11) is -3.96. The summed E-state index contributed by atoms with van der Waals surface area (Å²) in [5, 5.41) is 1.99. The first kappa shape index (κ1) is 25.1. The monoisotopic (exact) mass is 488 g/mol. The predicted octanol–water partition coefficient (Wildman–Crippen LogP) is 5.07. The van der Waals surface area contributed by atoms with Crippen LogP contribution in [0.1, 0.15) is 29.9 Å². The number of carbonyl (C=O) groups excluding carboxylic acids is 1. The second kappa shape index (κ2) is 11.0. The number of halogens is 1. The first-order valence-electron chi connectivity index (χ1n) is 10.8. The summed E-state index contributed by atoms with van der Waals surface area (Å²) in [5.74, 6) is -0.783. The van der Waals surface area contributed by atoms with Gasteiger partial charge in [0.25, 0.3) is 0 Å². The first-order valence-corrected chi connectivity index (χ1v) is 13.1. The van der Waals surface area contributed by atoms with Gasteiger partial charge in [-0.2, -0.15) is 4.31 Å². The van der Waals surface area contributed by atoms with Crippen LogP contribution in [0, 0.1) is 18.7 Å². The maximum Gasteiger partial charge on any atom is 0.243 e. The molecule has 0 spiro atoms. The van der Waals surface area contributed by atoms with E-state index in [2.05, 4.69) is 0 Å². The molecule has 0 aliphatic carbocycles. The van der Waals surface area contributed by atoms with Crippen molar-refractivity contribution < 1.29 is 17.6 Å². The number of nitrogens with zero attached hydrogens (tertiary/aromatic N) is 2. The van der Waals surface area contributed by atoms with Crippen LogP contribution in [0.25, 0.3) is 0 Å². The number of carbonyl (C=O) groups is 1. The third kappa shape index (κ3) is 6.72. The molecule has 0 radical (unpaired) electrons. The van der Waals surface area contributed by atoms with E-state index in [4.69, 9.17) is 0 Å². The van der Waals surface area contributed by atoms with E-state index in [1.807, 2.05) is 62.5 Å². The van der Waals surface area contributed by atoms with Crippen LogP contribution in [0.5, 0.6) is 0 Å². The zero-order chi connectivity index (χ0) is 24.0. The molecule has 0 fully saturated rings. The largest absolute Gasteiger partial charge is 0.332 e. The number of hydrogen-bond acceptors (Lipinski definition) is 4. The standard InChI is InChI=1S/C25H29FN2O3S2/c1-19(2)15-28(33(30,31)23-11-9-22(26)10-12-23)18-25(29)27(16-21-7-5-4-6-8-21)17-24-20(3)13-14-32-24/h4-14,19H,15-18H2,1-3H3. The van der Waals surface area contributed by atoms with Crippen molar-refractivity contribution in [3.05, 3.63) is 87.9 Å². The van der Waals surface area contributed by atoms with Crippen molar-refractivity contribution >= 4 is 27.3 Å². The van der Waals surface area contributed by atoms with E-state index < -0.39 is 15.8 Å². The van der Waals surface area contributed by atoms with Crippen molar-refractivity contribution in [2.45, 2.75) is 38.8 Å². The minimum atomic E-state index is -3.96. The molecule has 3 aromatic rings. The second-order valence-corrected chi connectivity index (χ2v) is 11.3. The van der Waals surface area contributed by atoms with Gasteiger partial charge in [-0.15, -0.1) is 11.3 Å². The van der Waals surface area contributed by atoms with Crippen LogP contribution in [0.3, 0.4) is 0 Å². The summed E-state index contributed by atoms with van der Waals surface area (Å²) in [4.78, 5) is 16.2. The topological polar surface area (TPSA) is 57.7 Å². The molecule has 0 aliphatic heterocycles. The van der Waals surface area contributed by atoms with E-state index in [0.717, 1.165) is 28.1 Å². The molecule has 0 saturated carbocycles. The van der Waals surface area contributed by atoms with Crippen LogP contribution in [-0.4, -0.2) is 36.6 Å². The Morgan fingerprint density at radius 1 is 1.00 bits per heavy atom. The second-order valence-electron chi connectivity index (χ2n) is 8.41. The SMILES string of the molecule is Cc1ccsc1CN(Cc1ccccc1)C(=O)CN(CC(C)C)S(=O)(=O)c1ccc(F)cc1. The van der Waals surface area contributed by atoms with Gasteiger partial charge < -0.3 is 4.90 Å². The highest BCUT2D eigenvalue weighted by Crippen LogP contribution is 2.22. The molecule has 0 aliphatic rings. The molecule has 1 amide bonds. The molecular weight excluding hydrogens is 459 g/mol. The zero-order valence-corrected chi connectivity index (χ0v) is 20.7. The molecule has 0 bridgehead atoms. The maximum absolute atomic E-state index is 13.5. The average Bonchev–Trinajstić information content (AvgIpc) is 3.18. The van der Waals surface area contributed by atoms with Gasteiger partial charge in [-0.05, 0) is 59.7 Å². The van der Waals surface area contributed by atoms with Gasteiger partial charge in [-0.25, -0.2) is 12.8 Å². The molecule has 0 saturated heterocycles. The number of aryl methyl sites for hydroxylation is 1. The van der Waals surface area contributed by atoms with Crippen LogP contribution in [-0.2, 0) is 27.9 Å². The minimum absolute atomic E-state index is 0.00939. The normalized spacial score (nSPS) is 11.8. The first-order chi connectivity index (χ1) is 15.7. The number of sulfonamides is 1. The number of hydrogen-bond donors (Lipinski definition) is 0. The van der Waals surface area contributed by atoms with E-state index in [0.29, 0.717) is 13.1 Å². The van der Waals surface area contributed by atoms with E-state index in [1.54, 1.807) is 16.2 Å². The summed E-state index contributed by atoms with van der Waals surface area (Å²) in [6, 6.07) is 16.3. The van der Waals surface area contributed by atoms with Crippen LogP contribution in [0.4, 0.5) is 4.39 Å². The molecule has 1 aromatic heterocycles. The van der Waals surface area contributed by atoms with Gasteiger partial charge in [0.2, 0.25) is 15.9 Å². The Hall–Kier alpha value is -2.55. The third-order valence-corrected chi connectivity index (χ3v) is 8.04. The van der Waals surface area contributed by atoms with Crippen LogP contribution in [0.15, 0.2) is 70.9 Å². The highest BCUT2D eigenvalue weighted by molar-refractivity contribution is 7.89. The predicted molar refractivity (Wildman–Crippen MR) is 130 cm³/mol. The van der Waals surface area contributed by atoms with Crippen molar-refractivity contribution in [3.63, 3.8) is 0 Å². The van der Waals surface area contributed by atoms with Gasteiger partial charge in [0.1, 0.15) is 5.82 Å². The van der Waals surface area contributed by atoms with Crippen molar-refractivity contribution in [1.29, 1.82) is 0 Å². The Morgan fingerprint density at radius 3 is 2.24 bits per heavy atom. The maximum atomic E-state index is 13.5. The Balaban J connectivity index is 1.88. The number of thiophene rings is 1. The summed E-state index contributed by atoms with van der Waals surface area (Å²) in [6.07, 6.45) is 0. The molecular formula is C25H29FN2O3S2. The molecule has 2 aromatic carbocycles. The summed E-state index contributed by atoms with van der Waals surface area (Å²) >= 11 is 1.58. The Morgan fingerprint density at radius 2 is 1.67 bits per heavy atom. The number of benzene rings is 2. The van der Waals surface area contributed by atoms with E-state index in [9.17, 15) is 17.6 Å². The van der Waals surface area contributed by atoms with Gasteiger partial charge in [-0.1, -0.05) is 44.2 Å². The lowest BCUT2D eigenvalue weighted by Crippen LogP contribution is -2.43. The summed E-state index contributed by atoms with van der Waals surface area (Å²) in [5.41, 5.74) is 2.07. The van der Waals surface area contributed by atoms with Gasteiger partial charge in [-0.3, -0.25) is 4.79 Å². The fourth-order valence-corrected chi connectivity index (χ4v) is 5.91. The van der Waals surface area contributed by atoms with Gasteiger partial charge in [0, 0.05) is 18.0 Å². The summed E-state index contributed by atoms with van der Waals surface area (Å²) < 4.78 is 41.2. The number of rotatable bonds is 10. The average molecular weight is 489 g/mol. The fraction of sp³-hybridized carbons (Fsp3) is 0.320. The van der Waals surface area contributed by atoms with Crippen LogP contribution in [0.2, 0.25) is 0 Å². The molecule has 33 heavy (non-hydrogen) atoms. The van der Waals surface area contributed by atoms with Crippen molar-refractivity contribution in [2.75, 3.05) is 13.1 Å². The Labute approximate surface area is 199 Å². The van der Waals surface area contributed by atoms with Crippen molar-refractivity contribution in [1.82, 2.24) is 9.21 Å². The number of amides is 1. The molecule has 0 unspecified atom stereocenters. The molecule has 0 atom stereocenters. The van der Waals surface area contributed by atoms with Gasteiger partial charge in [0.05, 0.1) is 18.0 Å². The van der Waals surface area contributed by atoms with E-state index in [1.165, 1.54) is 16.4 Å². The third-order valence-electron chi connectivity index (χ3n) is 5.20. The molecule has 176 valence electrons. The smallest absolute Gasteiger partial charge is 0.243 e. The van der Waals surface area contributed by atoms with E-state index in [-0.39, 0.29) is 29.8 Å². The van der Waals surface area contributed by atoms with Gasteiger partial charge >= 0.3 is 0 Å². The fourth-order valence-electron chi connectivity index (χ4n) is 3.44. The molecule has 8 heteroatoms.